The molecule has 0 aliphatic carbocycles. The summed E-state index contributed by atoms with van der Waals surface area (Å²) in [5, 5.41) is 20.5. The highest BCUT2D eigenvalue weighted by Crippen LogP contribution is 2.20. The minimum absolute atomic E-state index is 0.145. The zero-order valence-corrected chi connectivity index (χ0v) is 11.7. The zero-order chi connectivity index (χ0) is 15.3. The number of rotatable bonds is 2. The molecule has 22 heavy (non-hydrogen) atoms. The molecule has 0 amide bonds. The van der Waals surface area contributed by atoms with Gasteiger partial charge in [0.2, 0.25) is 11.4 Å². The number of fused-ring (bicyclic) bond motifs is 3. The molecule has 108 valence electrons. The molecule has 0 saturated heterocycles. The second-order valence-electron chi connectivity index (χ2n) is 4.61. The summed E-state index contributed by atoms with van der Waals surface area (Å²) in [4.78, 5) is 12.8. The standard InChI is InChI=1S/C14H7ClN4O3/c15-8-3-4-10-11(6-8)18-14(17-19(10)21)9(7-16-18)13(20)12-2-1-5-22-12/h1-7H. The third-order valence-electron chi connectivity index (χ3n) is 3.29. The molecule has 4 aromatic rings. The normalized spacial score (nSPS) is 11.3. The Morgan fingerprint density at radius 1 is 1.36 bits per heavy atom. The lowest BCUT2D eigenvalue weighted by molar-refractivity contribution is -0.640. The van der Waals surface area contributed by atoms with Gasteiger partial charge in [-0.05, 0) is 29.1 Å². The van der Waals surface area contributed by atoms with Crippen molar-refractivity contribution in [2.75, 3.05) is 0 Å². The lowest BCUT2D eigenvalue weighted by Crippen LogP contribution is -2.33. The van der Waals surface area contributed by atoms with Gasteiger partial charge in [0.1, 0.15) is 5.52 Å². The lowest BCUT2D eigenvalue weighted by atomic mass is 10.2. The molecule has 0 aliphatic rings. The van der Waals surface area contributed by atoms with Crippen molar-refractivity contribution in [1.29, 1.82) is 0 Å². The van der Waals surface area contributed by atoms with Gasteiger partial charge in [-0.3, -0.25) is 4.79 Å². The van der Waals surface area contributed by atoms with Gasteiger partial charge in [0.15, 0.2) is 5.76 Å². The molecule has 4 rings (SSSR count). The van der Waals surface area contributed by atoms with Gasteiger partial charge in [-0.15, -0.1) is 0 Å². The Hall–Kier alpha value is -2.93. The van der Waals surface area contributed by atoms with E-state index in [2.05, 4.69) is 10.2 Å². The Balaban J connectivity index is 2.03. The summed E-state index contributed by atoms with van der Waals surface area (Å²) in [6.07, 6.45) is 2.75. The van der Waals surface area contributed by atoms with Crippen LogP contribution in [0, 0.1) is 5.21 Å². The van der Waals surface area contributed by atoms with Crippen LogP contribution in [0.15, 0.2) is 47.2 Å². The maximum absolute atomic E-state index is 12.4. The average Bonchev–Trinajstić information content (AvgIpc) is 3.16. The van der Waals surface area contributed by atoms with Crippen LogP contribution in [0.1, 0.15) is 16.1 Å². The Labute approximate surface area is 127 Å². The molecule has 0 aliphatic heterocycles. The Bertz CT molecular complexity index is 1020. The van der Waals surface area contributed by atoms with E-state index in [1.54, 1.807) is 24.3 Å². The smallest absolute Gasteiger partial charge is 0.270 e. The molecule has 7 nitrogen and oxygen atoms in total. The fraction of sp³-hybridized carbons (Fsp3) is 0. The Morgan fingerprint density at radius 3 is 3.00 bits per heavy atom. The molecular formula is C14H7ClN4O3. The molecule has 1 aromatic carbocycles. The molecular weight excluding hydrogens is 308 g/mol. The molecule has 3 heterocycles. The van der Waals surface area contributed by atoms with E-state index < -0.39 is 5.78 Å². The molecule has 0 saturated carbocycles. The van der Waals surface area contributed by atoms with Crippen molar-refractivity contribution in [2.24, 2.45) is 0 Å². The number of carbonyl (C=O) groups is 1. The quantitative estimate of drug-likeness (QED) is 0.321. The molecule has 0 radical (unpaired) electrons. The zero-order valence-electron chi connectivity index (χ0n) is 10.9. The number of furan rings is 1. The van der Waals surface area contributed by atoms with Gasteiger partial charge in [0.05, 0.1) is 18.0 Å². The number of hydrogen-bond acceptors (Lipinski definition) is 5. The van der Waals surface area contributed by atoms with Crippen molar-refractivity contribution < 1.29 is 14.1 Å². The van der Waals surface area contributed by atoms with Crippen LogP contribution >= 0.6 is 11.6 Å². The second-order valence-corrected chi connectivity index (χ2v) is 5.04. The third-order valence-corrected chi connectivity index (χ3v) is 3.53. The van der Waals surface area contributed by atoms with Gasteiger partial charge < -0.3 is 9.62 Å². The fourth-order valence-corrected chi connectivity index (χ4v) is 2.45. The first-order chi connectivity index (χ1) is 10.6. The minimum atomic E-state index is -0.395. The molecule has 3 aromatic heterocycles. The number of hydrogen-bond donors (Lipinski definition) is 0. The minimum Gasteiger partial charge on any atom is -0.594 e. The number of aromatic nitrogens is 4. The van der Waals surface area contributed by atoms with Crippen molar-refractivity contribution in [2.45, 2.75) is 0 Å². The summed E-state index contributed by atoms with van der Waals surface area (Å²) in [6, 6.07) is 7.87. The van der Waals surface area contributed by atoms with Crippen LogP contribution in [0.25, 0.3) is 16.7 Å². The van der Waals surface area contributed by atoms with E-state index in [9.17, 15) is 10.0 Å². The first-order valence-corrected chi connectivity index (χ1v) is 6.68. The van der Waals surface area contributed by atoms with Crippen LogP contribution in [-0.4, -0.2) is 20.5 Å². The van der Waals surface area contributed by atoms with E-state index in [-0.39, 0.29) is 17.0 Å². The van der Waals surface area contributed by atoms with E-state index in [4.69, 9.17) is 16.0 Å². The van der Waals surface area contributed by atoms with Crippen molar-refractivity contribution in [3.8, 4) is 0 Å². The molecule has 0 fully saturated rings. The van der Waals surface area contributed by atoms with E-state index in [1.165, 1.54) is 23.0 Å². The van der Waals surface area contributed by atoms with Crippen LogP contribution in [-0.2, 0) is 0 Å². The largest absolute Gasteiger partial charge is 0.594 e. The van der Waals surface area contributed by atoms with Crippen LogP contribution in [0.4, 0.5) is 0 Å². The van der Waals surface area contributed by atoms with Gasteiger partial charge in [0, 0.05) is 16.2 Å². The van der Waals surface area contributed by atoms with Crippen molar-refractivity contribution in [3.05, 3.63) is 64.3 Å². The second kappa shape index (κ2) is 4.54. The van der Waals surface area contributed by atoms with E-state index in [0.29, 0.717) is 20.9 Å². The summed E-state index contributed by atoms with van der Waals surface area (Å²) in [7, 11) is 0. The lowest BCUT2D eigenvalue weighted by Gasteiger charge is -2.02. The maximum Gasteiger partial charge on any atom is 0.270 e. The summed E-state index contributed by atoms with van der Waals surface area (Å²) >= 11 is 5.97. The molecule has 8 heteroatoms. The van der Waals surface area contributed by atoms with Crippen molar-refractivity contribution >= 4 is 34.1 Å². The SMILES string of the molecule is O=C(c1ccco1)c1cnn2c1n[n+]([O-])c1ccc(Cl)cc12. The molecule has 0 spiro atoms. The predicted octanol–water partition coefficient (Wildman–Crippen LogP) is 1.99. The number of ketones is 1. The van der Waals surface area contributed by atoms with Gasteiger partial charge >= 0.3 is 0 Å². The maximum atomic E-state index is 12.4. The van der Waals surface area contributed by atoms with Gasteiger partial charge in [-0.2, -0.15) is 5.10 Å². The van der Waals surface area contributed by atoms with Crippen LogP contribution in [0.2, 0.25) is 5.02 Å². The molecule has 0 bridgehead atoms. The first-order valence-electron chi connectivity index (χ1n) is 6.30. The monoisotopic (exact) mass is 314 g/mol. The third kappa shape index (κ3) is 1.76. The number of nitrogens with zero attached hydrogens (tertiary/aromatic N) is 4. The topological polar surface area (TPSA) is 87.3 Å². The highest BCUT2D eigenvalue weighted by Gasteiger charge is 2.22. The molecule has 0 N–H and O–H groups in total. The Kier molecular flexibility index (Phi) is 2.64. The number of carbonyl (C=O) groups excluding carboxylic acids is 1. The number of halogens is 1. The van der Waals surface area contributed by atoms with Crippen LogP contribution in [0.5, 0.6) is 0 Å². The highest BCUT2D eigenvalue weighted by molar-refractivity contribution is 6.31. The highest BCUT2D eigenvalue weighted by atomic mass is 35.5. The average molecular weight is 315 g/mol. The first kappa shape index (κ1) is 12.8. The molecule has 0 atom stereocenters. The Morgan fingerprint density at radius 2 is 2.23 bits per heavy atom. The number of benzene rings is 1. The summed E-state index contributed by atoms with van der Waals surface area (Å²) < 4.78 is 6.49. The van der Waals surface area contributed by atoms with Crippen molar-refractivity contribution in [3.63, 3.8) is 0 Å². The predicted molar refractivity (Wildman–Crippen MR) is 76.6 cm³/mol. The van der Waals surface area contributed by atoms with Gasteiger partial charge in [-0.25, -0.2) is 4.52 Å². The van der Waals surface area contributed by atoms with Crippen LogP contribution in [0.3, 0.4) is 0 Å². The van der Waals surface area contributed by atoms with E-state index >= 15 is 0 Å². The van der Waals surface area contributed by atoms with E-state index in [0.717, 1.165) is 0 Å². The summed E-state index contributed by atoms with van der Waals surface area (Å²) in [6.45, 7) is 0. The summed E-state index contributed by atoms with van der Waals surface area (Å²) in [5.74, 6) is -0.241. The van der Waals surface area contributed by atoms with Crippen LogP contribution < -0.4 is 4.85 Å². The fourth-order valence-electron chi connectivity index (χ4n) is 2.28. The van der Waals surface area contributed by atoms with Crippen molar-refractivity contribution in [1.82, 2.24) is 14.7 Å². The van der Waals surface area contributed by atoms with E-state index in [1.807, 2.05) is 0 Å². The van der Waals surface area contributed by atoms with Gasteiger partial charge in [0.25, 0.3) is 5.52 Å². The molecule has 0 unspecified atom stereocenters. The van der Waals surface area contributed by atoms with Gasteiger partial charge in [-0.1, -0.05) is 11.6 Å². The summed E-state index contributed by atoms with van der Waals surface area (Å²) in [5.41, 5.74) is 1.09.